The van der Waals surface area contributed by atoms with Gasteiger partial charge in [-0.05, 0) is 42.8 Å². The van der Waals surface area contributed by atoms with Crippen LogP contribution in [0.2, 0.25) is 0 Å². The molecular formula is C20H18BrN. The maximum Gasteiger partial charge on any atom is 0.0504 e. The monoisotopic (exact) mass is 351 g/mol. The molecule has 0 aliphatic heterocycles. The van der Waals surface area contributed by atoms with Gasteiger partial charge < -0.3 is 4.90 Å². The molecule has 0 aromatic heterocycles. The second kappa shape index (κ2) is 6.80. The normalized spacial score (nSPS) is 11.9. The number of alkyl halides is 1. The van der Waals surface area contributed by atoms with Crippen molar-refractivity contribution >= 4 is 33.0 Å². The highest BCUT2D eigenvalue weighted by Crippen LogP contribution is 2.39. The Labute approximate surface area is 140 Å². The van der Waals surface area contributed by atoms with Crippen LogP contribution < -0.4 is 4.90 Å². The Morgan fingerprint density at radius 2 is 1.14 bits per heavy atom. The fourth-order valence-corrected chi connectivity index (χ4v) is 3.00. The summed E-state index contributed by atoms with van der Waals surface area (Å²) in [6.45, 7) is 2.16. The summed E-state index contributed by atoms with van der Waals surface area (Å²) >= 11 is 3.72. The standard InChI is InChI=1S/C20H18BrN/c1-16(21)19-14-8-9-15-20(19)22(17-10-4-2-5-11-17)18-12-6-3-7-13-18/h2-16H,1H3. The molecule has 110 valence electrons. The van der Waals surface area contributed by atoms with Gasteiger partial charge in [0.15, 0.2) is 0 Å². The van der Waals surface area contributed by atoms with Crippen LogP contribution in [0.4, 0.5) is 17.1 Å². The highest BCUT2D eigenvalue weighted by molar-refractivity contribution is 9.09. The van der Waals surface area contributed by atoms with E-state index in [2.05, 4.69) is 101 Å². The highest BCUT2D eigenvalue weighted by Gasteiger charge is 2.16. The summed E-state index contributed by atoms with van der Waals surface area (Å²) in [7, 11) is 0. The number of rotatable bonds is 4. The lowest BCUT2D eigenvalue weighted by molar-refractivity contribution is 1.10. The van der Waals surface area contributed by atoms with Gasteiger partial charge in [-0.15, -0.1) is 0 Å². The van der Waals surface area contributed by atoms with Gasteiger partial charge >= 0.3 is 0 Å². The third kappa shape index (κ3) is 3.07. The molecule has 0 spiro atoms. The maximum atomic E-state index is 3.72. The molecule has 1 nitrogen and oxygen atoms in total. The van der Waals surface area contributed by atoms with Gasteiger partial charge in [0.2, 0.25) is 0 Å². The number of hydrogen-bond acceptors (Lipinski definition) is 1. The molecule has 0 aliphatic rings. The first-order chi connectivity index (χ1) is 10.8. The third-order valence-corrected chi connectivity index (χ3v) is 4.13. The molecule has 0 saturated carbocycles. The van der Waals surface area contributed by atoms with E-state index in [9.17, 15) is 0 Å². The van der Waals surface area contributed by atoms with Crippen LogP contribution >= 0.6 is 15.9 Å². The second-order valence-electron chi connectivity index (χ2n) is 5.18. The van der Waals surface area contributed by atoms with Crippen molar-refractivity contribution < 1.29 is 0 Å². The largest absolute Gasteiger partial charge is 0.310 e. The lowest BCUT2D eigenvalue weighted by Crippen LogP contribution is -2.12. The van der Waals surface area contributed by atoms with Gasteiger partial charge in [0, 0.05) is 16.2 Å². The van der Waals surface area contributed by atoms with Crippen LogP contribution in [0.15, 0.2) is 84.9 Å². The Balaban J connectivity index is 2.19. The Morgan fingerprint density at radius 1 is 0.682 bits per heavy atom. The molecule has 2 heteroatoms. The summed E-state index contributed by atoms with van der Waals surface area (Å²) < 4.78 is 0. The fourth-order valence-electron chi connectivity index (χ4n) is 2.61. The molecule has 0 saturated heterocycles. The first-order valence-electron chi connectivity index (χ1n) is 7.40. The van der Waals surface area contributed by atoms with Gasteiger partial charge in [-0.3, -0.25) is 0 Å². The molecule has 0 N–H and O–H groups in total. The van der Waals surface area contributed by atoms with E-state index in [0.29, 0.717) is 4.83 Å². The Hall–Kier alpha value is -2.06. The van der Waals surface area contributed by atoms with E-state index in [1.54, 1.807) is 0 Å². The van der Waals surface area contributed by atoms with E-state index in [1.165, 1.54) is 11.3 Å². The molecular weight excluding hydrogens is 334 g/mol. The van der Waals surface area contributed by atoms with Crippen LogP contribution in [-0.4, -0.2) is 0 Å². The van der Waals surface area contributed by atoms with Gasteiger partial charge in [0.25, 0.3) is 0 Å². The summed E-state index contributed by atoms with van der Waals surface area (Å²) in [5.41, 5.74) is 4.79. The minimum atomic E-state index is 0.290. The molecule has 22 heavy (non-hydrogen) atoms. The van der Waals surface area contributed by atoms with E-state index in [-0.39, 0.29) is 0 Å². The third-order valence-electron chi connectivity index (χ3n) is 3.63. The van der Waals surface area contributed by atoms with Gasteiger partial charge in [-0.1, -0.05) is 70.5 Å². The molecule has 0 aliphatic carbocycles. The predicted molar refractivity (Wildman–Crippen MR) is 98.5 cm³/mol. The van der Waals surface area contributed by atoms with Crippen molar-refractivity contribution in [2.45, 2.75) is 11.8 Å². The van der Waals surface area contributed by atoms with Gasteiger partial charge in [-0.2, -0.15) is 0 Å². The molecule has 0 bridgehead atoms. The molecule has 1 unspecified atom stereocenters. The average molecular weight is 352 g/mol. The number of anilines is 3. The number of halogens is 1. The minimum absolute atomic E-state index is 0.290. The van der Waals surface area contributed by atoms with E-state index in [4.69, 9.17) is 0 Å². The van der Waals surface area contributed by atoms with Gasteiger partial charge in [0.1, 0.15) is 0 Å². The Kier molecular flexibility index (Phi) is 4.59. The zero-order valence-electron chi connectivity index (χ0n) is 12.5. The summed E-state index contributed by atoms with van der Waals surface area (Å²) in [5.74, 6) is 0. The molecule has 0 fully saturated rings. The first kappa shape index (κ1) is 14.9. The smallest absolute Gasteiger partial charge is 0.0504 e. The molecule has 3 rings (SSSR count). The predicted octanol–water partition coefficient (Wildman–Crippen LogP) is 6.61. The van der Waals surface area contributed by atoms with Crippen LogP contribution in [0.25, 0.3) is 0 Å². The van der Waals surface area contributed by atoms with Crippen LogP contribution in [0, 0.1) is 0 Å². The Morgan fingerprint density at radius 3 is 1.64 bits per heavy atom. The molecule has 0 radical (unpaired) electrons. The van der Waals surface area contributed by atoms with Crippen molar-refractivity contribution in [1.29, 1.82) is 0 Å². The SMILES string of the molecule is CC(Br)c1ccccc1N(c1ccccc1)c1ccccc1. The van der Waals surface area contributed by atoms with Gasteiger partial charge in [-0.25, -0.2) is 0 Å². The van der Waals surface area contributed by atoms with Crippen molar-refractivity contribution in [2.75, 3.05) is 4.90 Å². The van der Waals surface area contributed by atoms with Crippen molar-refractivity contribution in [1.82, 2.24) is 0 Å². The number of para-hydroxylation sites is 3. The average Bonchev–Trinajstić information content (AvgIpc) is 2.57. The zero-order valence-corrected chi connectivity index (χ0v) is 14.1. The van der Waals surface area contributed by atoms with Gasteiger partial charge in [0.05, 0.1) is 5.69 Å². The van der Waals surface area contributed by atoms with Crippen LogP contribution in [-0.2, 0) is 0 Å². The topological polar surface area (TPSA) is 3.24 Å². The molecule has 3 aromatic carbocycles. The van der Waals surface area contributed by atoms with E-state index >= 15 is 0 Å². The van der Waals surface area contributed by atoms with Crippen LogP contribution in [0.1, 0.15) is 17.3 Å². The highest BCUT2D eigenvalue weighted by atomic mass is 79.9. The van der Waals surface area contributed by atoms with Crippen molar-refractivity contribution in [3.63, 3.8) is 0 Å². The lowest BCUT2D eigenvalue weighted by Gasteiger charge is -2.28. The molecule has 0 heterocycles. The number of hydrogen-bond donors (Lipinski definition) is 0. The summed E-state index contributed by atoms with van der Waals surface area (Å²) in [6, 6.07) is 29.5. The molecule has 1 atom stereocenters. The van der Waals surface area contributed by atoms with Crippen molar-refractivity contribution in [3.8, 4) is 0 Å². The fraction of sp³-hybridized carbons (Fsp3) is 0.100. The lowest BCUT2D eigenvalue weighted by atomic mass is 10.1. The summed E-state index contributed by atoms with van der Waals surface area (Å²) in [5, 5.41) is 0. The number of nitrogens with zero attached hydrogens (tertiary/aromatic N) is 1. The van der Waals surface area contributed by atoms with Crippen molar-refractivity contribution in [2.24, 2.45) is 0 Å². The zero-order chi connectivity index (χ0) is 15.4. The Bertz CT molecular complexity index is 683. The first-order valence-corrected chi connectivity index (χ1v) is 8.32. The maximum absolute atomic E-state index is 3.72. The van der Waals surface area contributed by atoms with Crippen LogP contribution in [0.3, 0.4) is 0 Å². The molecule has 0 amide bonds. The van der Waals surface area contributed by atoms with Crippen molar-refractivity contribution in [3.05, 3.63) is 90.5 Å². The van der Waals surface area contributed by atoms with E-state index in [0.717, 1.165) is 11.4 Å². The summed E-state index contributed by atoms with van der Waals surface area (Å²) in [4.78, 5) is 2.59. The van der Waals surface area contributed by atoms with E-state index in [1.807, 2.05) is 12.1 Å². The van der Waals surface area contributed by atoms with Crippen LogP contribution in [0.5, 0.6) is 0 Å². The summed E-state index contributed by atoms with van der Waals surface area (Å²) in [6.07, 6.45) is 0. The van der Waals surface area contributed by atoms with E-state index < -0.39 is 0 Å². The quantitative estimate of drug-likeness (QED) is 0.477. The minimum Gasteiger partial charge on any atom is -0.310 e. The number of benzene rings is 3. The second-order valence-corrected chi connectivity index (χ2v) is 6.55. The molecule has 3 aromatic rings.